The molecule has 0 amide bonds. The maximum atomic E-state index is 2.38. The van der Waals surface area contributed by atoms with Crippen LogP contribution in [0.1, 0.15) is 0 Å². The van der Waals surface area contributed by atoms with Gasteiger partial charge in [-0.15, -0.1) is 0 Å². The van der Waals surface area contributed by atoms with Crippen LogP contribution in [-0.2, 0) is 0 Å². The van der Waals surface area contributed by atoms with Crippen molar-refractivity contribution in [2.75, 3.05) is 0 Å². The number of hydrogen-bond acceptors (Lipinski definition) is 0. The van der Waals surface area contributed by atoms with E-state index in [1.54, 1.807) is 0 Å². The van der Waals surface area contributed by atoms with Crippen LogP contribution < -0.4 is 0 Å². The van der Waals surface area contributed by atoms with Gasteiger partial charge in [0, 0.05) is 7.14 Å². The predicted octanol–water partition coefficient (Wildman–Crippen LogP) is 6.23. The van der Waals surface area contributed by atoms with Crippen LogP contribution in [0.3, 0.4) is 0 Å². The Morgan fingerprint density at radius 3 is 1.95 bits per heavy atom. The van der Waals surface area contributed by atoms with Crippen LogP contribution in [0.2, 0.25) is 0 Å². The Kier molecular flexibility index (Phi) is 4.41. The molecule has 0 aliphatic carbocycles. The second-order valence-electron chi connectivity index (χ2n) is 4.57. The third kappa shape index (κ3) is 3.06. The molecule has 0 heterocycles. The summed E-state index contributed by atoms with van der Waals surface area (Å²) < 4.78 is 2.52. The average molecular weight is 482 g/mol. The van der Waals surface area contributed by atoms with Gasteiger partial charge in [-0.05, 0) is 91.7 Å². The summed E-state index contributed by atoms with van der Waals surface area (Å²) in [5.74, 6) is 0. The Balaban J connectivity index is 2.22. The number of rotatable bonds is 2. The normalized spacial score (nSPS) is 10.5. The molecule has 3 aromatic carbocycles. The Labute approximate surface area is 146 Å². The molecule has 3 aromatic rings. The van der Waals surface area contributed by atoms with Gasteiger partial charge in [-0.2, -0.15) is 0 Å². The smallest absolute Gasteiger partial charge is 0.0136 e. The lowest BCUT2D eigenvalue weighted by Gasteiger charge is -2.11. The van der Waals surface area contributed by atoms with Gasteiger partial charge >= 0.3 is 0 Å². The van der Waals surface area contributed by atoms with Gasteiger partial charge < -0.3 is 0 Å². The van der Waals surface area contributed by atoms with Crippen molar-refractivity contribution in [2.24, 2.45) is 0 Å². The molecule has 0 aliphatic heterocycles. The van der Waals surface area contributed by atoms with Gasteiger partial charge in [-0.3, -0.25) is 0 Å². The molecular formula is C18H12I2. The third-order valence-electron chi connectivity index (χ3n) is 3.20. The molecule has 20 heavy (non-hydrogen) atoms. The minimum absolute atomic E-state index is 1.26. The van der Waals surface area contributed by atoms with Gasteiger partial charge in [0.05, 0.1) is 0 Å². The molecular weight excluding hydrogens is 470 g/mol. The molecule has 3 rings (SSSR count). The SMILES string of the molecule is Ic1cccc(-c2cc(I)ccc2-c2ccccc2)c1. The summed E-state index contributed by atoms with van der Waals surface area (Å²) in [5, 5.41) is 0. The fourth-order valence-corrected chi connectivity index (χ4v) is 3.32. The molecule has 0 nitrogen and oxygen atoms in total. The highest BCUT2D eigenvalue weighted by Gasteiger charge is 2.08. The van der Waals surface area contributed by atoms with Crippen molar-refractivity contribution in [3.63, 3.8) is 0 Å². The molecule has 0 spiro atoms. The first-order chi connectivity index (χ1) is 9.74. The van der Waals surface area contributed by atoms with Gasteiger partial charge in [0.15, 0.2) is 0 Å². The summed E-state index contributed by atoms with van der Waals surface area (Å²) in [6.45, 7) is 0. The van der Waals surface area contributed by atoms with Crippen molar-refractivity contribution in [2.45, 2.75) is 0 Å². The number of hydrogen-bond donors (Lipinski definition) is 0. The summed E-state index contributed by atoms with van der Waals surface area (Å²) >= 11 is 4.74. The first-order valence-electron chi connectivity index (χ1n) is 6.35. The summed E-state index contributed by atoms with van der Waals surface area (Å²) in [6.07, 6.45) is 0. The maximum absolute atomic E-state index is 2.38. The highest BCUT2D eigenvalue weighted by molar-refractivity contribution is 14.1. The fraction of sp³-hybridized carbons (Fsp3) is 0. The highest BCUT2D eigenvalue weighted by atomic mass is 127. The van der Waals surface area contributed by atoms with E-state index in [0.717, 1.165) is 0 Å². The van der Waals surface area contributed by atoms with Crippen LogP contribution >= 0.6 is 45.2 Å². The maximum Gasteiger partial charge on any atom is 0.0136 e. The molecule has 0 N–H and O–H groups in total. The Morgan fingerprint density at radius 1 is 0.500 bits per heavy atom. The van der Waals surface area contributed by atoms with E-state index >= 15 is 0 Å². The van der Waals surface area contributed by atoms with E-state index in [2.05, 4.69) is 118 Å². The van der Waals surface area contributed by atoms with E-state index in [1.807, 2.05) is 0 Å². The van der Waals surface area contributed by atoms with E-state index in [0.29, 0.717) is 0 Å². The molecule has 98 valence electrons. The lowest BCUT2D eigenvalue weighted by atomic mass is 9.95. The van der Waals surface area contributed by atoms with Crippen LogP contribution in [-0.4, -0.2) is 0 Å². The van der Waals surface area contributed by atoms with Crippen molar-refractivity contribution in [1.82, 2.24) is 0 Å². The average Bonchev–Trinajstić information content (AvgIpc) is 2.48. The van der Waals surface area contributed by atoms with E-state index < -0.39 is 0 Å². The number of halogens is 2. The Hall–Kier alpha value is -0.880. The monoisotopic (exact) mass is 482 g/mol. The van der Waals surface area contributed by atoms with Crippen LogP contribution in [0.4, 0.5) is 0 Å². The van der Waals surface area contributed by atoms with Crippen LogP contribution in [0.5, 0.6) is 0 Å². The molecule has 0 radical (unpaired) electrons. The summed E-state index contributed by atoms with van der Waals surface area (Å²) in [6, 6.07) is 25.9. The molecule has 0 unspecified atom stereocenters. The summed E-state index contributed by atoms with van der Waals surface area (Å²) in [5.41, 5.74) is 5.11. The summed E-state index contributed by atoms with van der Waals surface area (Å²) in [7, 11) is 0. The largest absolute Gasteiger partial charge is 0.0622 e. The van der Waals surface area contributed by atoms with Crippen LogP contribution in [0, 0.1) is 7.14 Å². The van der Waals surface area contributed by atoms with E-state index in [4.69, 9.17) is 0 Å². The molecule has 0 saturated heterocycles. The van der Waals surface area contributed by atoms with Crippen LogP contribution in [0.25, 0.3) is 22.3 Å². The second-order valence-corrected chi connectivity index (χ2v) is 7.06. The molecule has 0 aromatic heterocycles. The number of benzene rings is 3. The summed E-state index contributed by atoms with van der Waals surface area (Å²) in [4.78, 5) is 0. The first-order valence-corrected chi connectivity index (χ1v) is 8.51. The molecule has 0 bridgehead atoms. The van der Waals surface area contributed by atoms with E-state index in [1.165, 1.54) is 29.4 Å². The zero-order valence-electron chi connectivity index (χ0n) is 10.7. The quantitative estimate of drug-likeness (QED) is 0.380. The highest BCUT2D eigenvalue weighted by Crippen LogP contribution is 2.33. The molecule has 0 saturated carbocycles. The third-order valence-corrected chi connectivity index (χ3v) is 4.54. The lowest BCUT2D eigenvalue weighted by Crippen LogP contribution is -1.87. The molecule has 0 fully saturated rings. The predicted molar refractivity (Wildman–Crippen MR) is 103 cm³/mol. The van der Waals surface area contributed by atoms with Gasteiger partial charge in [0.2, 0.25) is 0 Å². The zero-order valence-corrected chi connectivity index (χ0v) is 15.0. The van der Waals surface area contributed by atoms with Gasteiger partial charge in [-0.25, -0.2) is 0 Å². The zero-order chi connectivity index (χ0) is 13.9. The topological polar surface area (TPSA) is 0 Å². The Bertz CT molecular complexity index is 733. The standard InChI is InChI=1S/C18H12I2/c19-15-8-4-7-14(11-15)18-12-16(20)9-10-17(18)13-5-2-1-3-6-13/h1-12H. The van der Waals surface area contributed by atoms with Gasteiger partial charge in [0.1, 0.15) is 0 Å². The van der Waals surface area contributed by atoms with Crippen LogP contribution in [0.15, 0.2) is 72.8 Å². The van der Waals surface area contributed by atoms with Crippen molar-refractivity contribution < 1.29 is 0 Å². The van der Waals surface area contributed by atoms with Crippen molar-refractivity contribution in [1.29, 1.82) is 0 Å². The van der Waals surface area contributed by atoms with Gasteiger partial charge in [0.25, 0.3) is 0 Å². The lowest BCUT2D eigenvalue weighted by molar-refractivity contribution is 1.55. The van der Waals surface area contributed by atoms with E-state index in [9.17, 15) is 0 Å². The minimum atomic E-state index is 1.26. The van der Waals surface area contributed by atoms with Crippen molar-refractivity contribution in [3.05, 3.63) is 79.9 Å². The first kappa shape index (κ1) is 14.1. The molecule has 0 aliphatic rings. The molecule has 0 atom stereocenters. The van der Waals surface area contributed by atoms with Gasteiger partial charge in [-0.1, -0.05) is 48.5 Å². The van der Waals surface area contributed by atoms with Crippen molar-refractivity contribution in [3.8, 4) is 22.3 Å². The van der Waals surface area contributed by atoms with E-state index in [-0.39, 0.29) is 0 Å². The molecule has 2 heteroatoms. The minimum Gasteiger partial charge on any atom is -0.0622 e. The Morgan fingerprint density at radius 2 is 1.20 bits per heavy atom. The fourth-order valence-electron chi connectivity index (χ4n) is 2.28. The van der Waals surface area contributed by atoms with Crippen molar-refractivity contribution >= 4 is 45.2 Å². The second kappa shape index (κ2) is 6.26.